The lowest BCUT2D eigenvalue weighted by Gasteiger charge is -2.24. The molecular formula is C15H16N6O. The number of carbonyl (C=O) groups is 1. The van der Waals surface area contributed by atoms with Gasteiger partial charge in [-0.2, -0.15) is 0 Å². The van der Waals surface area contributed by atoms with Crippen molar-refractivity contribution in [1.29, 1.82) is 0 Å². The second-order valence-electron chi connectivity index (χ2n) is 5.53. The van der Waals surface area contributed by atoms with Crippen molar-refractivity contribution in [2.75, 3.05) is 0 Å². The number of hydrogen-bond donors (Lipinski definition) is 1. The Labute approximate surface area is 126 Å². The molecule has 1 unspecified atom stereocenters. The average Bonchev–Trinajstić information content (AvgIpc) is 3.14. The molecule has 7 nitrogen and oxygen atoms in total. The number of para-hydroxylation sites is 1. The highest BCUT2D eigenvalue weighted by molar-refractivity contribution is 5.79. The summed E-state index contributed by atoms with van der Waals surface area (Å²) in [6.07, 6.45) is 5.57. The van der Waals surface area contributed by atoms with E-state index in [0.717, 1.165) is 36.2 Å². The molecule has 0 fully saturated rings. The van der Waals surface area contributed by atoms with Crippen LogP contribution in [-0.2, 0) is 24.3 Å². The predicted molar refractivity (Wildman–Crippen MR) is 80.0 cm³/mol. The fourth-order valence-corrected chi connectivity index (χ4v) is 2.93. The van der Waals surface area contributed by atoms with E-state index in [9.17, 15) is 4.79 Å². The number of aryl methyl sites for hydroxylation is 1. The van der Waals surface area contributed by atoms with E-state index >= 15 is 0 Å². The number of rotatable bonds is 3. The van der Waals surface area contributed by atoms with Crippen LogP contribution in [0.15, 0.2) is 36.7 Å². The third kappa shape index (κ3) is 2.34. The first-order valence-corrected chi connectivity index (χ1v) is 7.37. The Morgan fingerprint density at radius 2 is 2.27 bits per heavy atom. The Hall–Kier alpha value is -2.70. The number of benzene rings is 1. The molecule has 1 N–H and O–H groups in total. The van der Waals surface area contributed by atoms with Crippen LogP contribution in [0.5, 0.6) is 0 Å². The summed E-state index contributed by atoms with van der Waals surface area (Å²) in [6.45, 7) is 0.965. The van der Waals surface area contributed by atoms with Crippen LogP contribution in [-0.4, -0.2) is 36.5 Å². The maximum absolute atomic E-state index is 12.2. The molecule has 1 atom stereocenters. The summed E-state index contributed by atoms with van der Waals surface area (Å²) in [5.74, 6) is 1.05. The highest BCUT2D eigenvalue weighted by atomic mass is 16.2. The highest BCUT2D eigenvalue weighted by Gasteiger charge is 2.20. The van der Waals surface area contributed by atoms with E-state index in [1.807, 2.05) is 30.5 Å². The van der Waals surface area contributed by atoms with Crippen molar-refractivity contribution in [1.82, 2.24) is 29.9 Å². The van der Waals surface area contributed by atoms with Crippen LogP contribution in [0.3, 0.4) is 0 Å². The van der Waals surface area contributed by atoms with Crippen LogP contribution in [0, 0.1) is 0 Å². The SMILES string of the molecule is O=C(Cn1nnc2ccccc21)NC1CCc2nccn2C1. The zero-order valence-corrected chi connectivity index (χ0v) is 12.0. The molecule has 3 aromatic rings. The van der Waals surface area contributed by atoms with E-state index in [4.69, 9.17) is 0 Å². The van der Waals surface area contributed by atoms with Crippen LogP contribution in [0.1, 0.15) is 12.2 Å². The molecule has 0 saturated carbocycles. The molecule has 1 aliphatic heterocycles. The first-order chi connectivity index (χ1) is 10.8. The van der Waals surface area contributed by atoms with Gasteiger partial charge in [-0.25, -0.2) is 9.67 Å². The monoisotopic (exact) mass is 296 g/mol. The molecule has 0 saturated heterocycles. The van der Waals surface area contributed by atoms with Crippen molar-refractivity contribution in [2.45, 2.75) is 32.0 Å². The zero-order chi connectivity index (χ0) is 14.9. The summed E-state index contributed by atoms with van der Waals surface area (Å²) >= 11 is 0. The predicted octanol–water partition coefficient (Wildman–Crippen LogP) is 0.759. The molecule has 0 radical (unpaired) electrons. The molecule has 112 valence electrons. The minimum absolute atomic E-state index is 0.0378. The molecule has 3 heterocycles. The van der Waals surface area contributed by atoms with E-state index in [2.05, 4.69) is 25.2 Å². The van der Waals surface area contributed by atoms with Gasteiger partial charge in [0.25, 0.3) is 0 Å². The summed E-state index contributed by atoms with van der Waals surface area (Å²) < 4.78 is 3.73. The molecular weight excluding hydrogens is 280 g/mol. The van der Waals surface area contributed by atoms with Gasteiger partial charge in [0.1, 0.15) is 17.9 Å². The fourth-order valence-electron chi connectivity index (χ4n) is 2.93. The molecule has 1 amide bonds. The van der Waals surface area contributed by atoms with E-state index in [0.29, 0.717) is 0 Å². The van der Waals surface area contributed by atoms with Gasteiger partial charge in [-0.3, -0.25) is 4.79 Å². The lowest BCUT2D eigenvalue weighted by atomic mass is 10.1. The van der Waals surface area contributed by atoms with Crippen LogP contribution in [0.25, 0.3) is 11.0 Å². The lowest BCUT2D eigenvalue weighted by molar-refractivity contribution is -0.122. The Balaban J connectivity index is 1.43. The summed E-state index contributed by atoms with van der Waals surface area (Å²) in [6, 6.07) is 7.77. The molecule has 1 aromatic carbocycles. The van der Waals surface area contributed by atoms with Gasteiger partial charge in [0.2, 0.25) is 5.91 Å². The van der Waals surface area contributed by atoms with Crippen LogP contribution >= 0.6 is 0 Å². The average molecular weight is 296 g/mol. The Morgan fingerprint density at radius 1 is 1.36 bits per heavy atom. The highest BCUT2D eigenvalue weighted by Crippen LogP contribution is 2.13. The second kappa shape index (κ2) is 5.25. The van der Waals surface area contributed by atoms with E-state index < -0.39 is 0 Å². The third-order valence-corrected chi connectivity index (χ3v) is 4.01. The number of nitrogens with zero attached hydrogens (tertiary/aromatic N) is 5. The molecule has 7 heteroatoms. The first-order valence-electron chi connectivity index (χ1n) is 7.37. The minimum atomic E-state index is -0.0378. The topological polar surface area (TPSA) is 77.6 Å². The molecule has 0 aliphatic carbocycles. The van der Waals surface area contributed by atoms with Gasteiger partial charge in [-0.1, -0.05) is 17.3 Å². The van der Waals surface area contributed by atoms with Gasteiger partial charge >= 0.3 is 0 Å². The molecule has 0 spiro atoms. The fraction of sp³-hybridized carbons (Fsp3) is 0.333. The Kier molecular flexibility index (Phi) is 3.10. The van der Waals surface area contributed by atoms with Crippen LogP contribution in [0.2, 0.25) is 0 Å². The Bertz CT molecular complexity index is 820. The van der Waals surface area contributed by atoms with Gasteiger partial charge < -0.3 is 9.88 Å². The van der Waals surface area contributed by atoms with Gasteiger partial charge in [0.15, 0.2) is 0 Å². The van der Waals surface area contributed by atoms with Crippen molar-refractivity contribution in [2.24, 2.45) is 0 Å². The number of fused-ring (bicyclic) bond motifs is 2. The minimum Gasteiger partial charge on any atom is -0.350 e. The summed E-state index contributed by atoms with van der Waals surface area (Å²) in [5, 5.41) is 11.2. The number of carbonyl (C=O) groups excluding carboxylic acids is 1. The van der Waals surface area contributed by atoms with Crippen molar-refractivity contribution in [3.63, 3.8) is 0 Å². The van der Waals surface area contributed by atoms with Crippen LogP contribution in [0.4, 0.5) is 0 Å². The standard InChI is InChI=1S/C15H16N6O/c22-15(10-21-13-4-2-1-3-12(13)18-19-21)17-11-5-6-14-16-7-8-20(14)9-11/h1-4,7-8,11H,5-6,9-10H2,(H,17,22). The first kappa shape index (κ1) is 13.0. The second-order valence-corrected chi connectivity index (χ2v) is 5.53. The largest absolute Gasteiger partial charge is 0.350 e. The third-order valence-electron chi connectivity index (χ3n) is 4.01. The molecule has 2 aromatic heterocycles. The van der Waals surface area contributed by atoms with Gasteiger partial charge in [0.05, 0.1) is 5.52 Å². The van der Waals surface area contributed by atoms with E-state index in [-0.39, 0.29) is 18.5 Å². The van der Waals surface area contributed by atoms with E-state index in [1.54, 1.807) is 10.9 Å². The normalized spacial score (nSPS) is 17.4. The zero-order valence-electron chi connectivity index (χ0n) is 12.0. The molecule has 4 rings (SSSR count). The van der Waals surface area contributed by atoms with Crippen molar-refractivity contribution in [3.8, 4) is 0 Å². The molecule has 1 aliphatic rings. The maximum atomic E-state index is 12.2. The van der Waals surface area contributed by atoms with Crippen molar-refractivity contribution in [3.05, 3.63) is 42.5 Å². The van der Waals surface area contributed by atoms with Gasteiger partial charge in [0, 0.05) is 31.4 Å². The van der Waals surface area contributed by atoms with Crippen LogP contribution < -0.4 is 5.32 Å². The molecule has 0 bridgehead atoms. The summed E-state index contributed by atoms with van der Waals surface area (Å²) in [4.78, 5) is 16.5. The smallest absolute Gasteiger partial charge is 0.242 e. The maximum Gasteiger partial charge on any atom is 0.242 e. The van der Waals surface area contributed by atoms with Crippen molar-refractivity contribution >= 4 is 16.9 Å². The summed E-state index contributed by atoms with van der Waals surface area (Å²) in [5.41, 5.74) is 1.68. The number of hydrogen-bond acceptors (Lipinski definition) is 4. The quantitative estimate of drug-likeness (QED) is 0.774. The van der Waals surface area contributed by atoms with Gasteiger partial charge in [-0.05, 0) is 18.6 Å². The lowest BCUT2D eigenvalue weighted by Crippen LogP contribution is -2.42. The van der Waals surface area contributed by atoms with E-state index in [1.165, 1.54) is 0 Å². The summed E-state index contributed by atoms with van der Waals surface area (Å²) in [7, 11) is 0. The van der Waals surface area contributed by atoms with Crippen molar-refractivity contribution < 1.29 is 4.79 Å². The number of nitrogens with one attached hydrogen (secondary N) is 1. The number of imidazole rings is 1. The van der Waals surface area contributed by atoms with Gasteiger partial charge in [-0.15, -0.1) is 5.10 Å². The molecule has 22 heavy (non-hydrogen) atoms. The Morgan fingerprint density at radius 3 is 3.23 bits per heavy atom. The number of amides is 1. The number of aromatic nitrogens is 5.